The first-order chi connectivity index (χ1) is 17.6. The summed E-state index contributed by atoms with van der Waals surface area (Å²) in [5.74, 6) is 0.791. The molecule has 8 heteroatoms. The number of hydrogen-bond donors (Lipinski definition) is 1. The number of halogens is 2. The molecule has 0 spiro atoms. The number of morpholine rings is 1. The molecule has 6 nitrogen and oxygen atoms in total. The Kier molecular flexibility index (Phi) is 9.87. The fourth-order valence-electron chi connectivity index (χ4n) is 4.00. The van der Waals surface area contributed by atoms with Crippen molar-refractivity contribution in [2.24, 2.45) is 0 Å². The van der Waals surface area contributed by atoms with Gasteiger partial charge in [0.05, 0.1) is 23.9 Å². The number of carbonyl (C=O) groups excluding carboxylic acids is 1. The van der Waals surface area contributed by atoms with Gasteiger partial charge in [-0.3, -0.25) is 4.90 Å². The van der Waals surface area contributed by atoms with E-state index in [1.54, 1.807) is 18.2 Å². The predicted molar refractivity (Wildman–Crippen MR) is 145 cm³/mol. The lowest BCUT2D eigenvalue weighted by molar-refractivity contribution is 0.0365. The first-order valence-corrected chi connectivity index (χ1v) is 12.9. The minimum atomic E-state index is -0.203. The molecule has 2 amide bonds. The van der Waals surface area contributed by atoms with Gasteiger partial charge in [0.1, 0.15) is 12.4 Å². The lowest BCUT2D eigenvalue weighted by Gasteiger charge is -2.28. The Morgan fingerprint density at radius 3 is 2.44 bits per heavy atom. The van der Waals surface area contributed by atoms with E-state index < -0.39 is 0 Å². The Hall–Kier alpha value is -2.77. The van der Waals surface area contributed by atoms with E-state index in [1.807, 2.05) is 59.5 Å². The Bertz CT molecular complexity index is 1110. The Labute approximate surface area is 222 Å². The van der Waals surface area contributed by atoms with Crippen molar-refractivity contribution in [3.05, 3.63) is 94.0 Å². The van der Waals surface area contributed by atoms with Crippen LogP contribution in [0, 0.1) is 0 Å². The molecule has 1 fully saturated rings. The molecule has 3 aromatic carbocycles. The van der Waals surface area contributed by atoms with Gasteiger partial charge in [0.2, 0.25) is 0 Å². The van der Waals surface area contributed by atoms with Crippen molar-refractivity contribution in [3.63, 3.8) is 0 Å². The molecule has 1 saturated heterocycles. The average Bonchev–Trinajstić information content (AvgIpc) is 2.90. The Morgan fingerprint density at radius 1 is 0.972 bits per heavy atom. The van der Waals surface area contributed by atoms with Crippen LogP contribution >= 0.6 is 23.2 Å². The average molecular weight is 528 g/mol. The van der Waals surface area contributed by atoms with Crippen LogP contribution in [0.2, 0.25) is 10.0 Å². The summed E-state index contributed by atoms with van der Waals surface area (Å²) in [5.41, 5.74) is 2.67. The van der Waals surface area contributed by atoms with Gasteiger partial charge in [-0.25, -0.2) is 4.79 Å². The maximum Gasteiger partial charge on any atom is 0.322 e. The molecule has 36 heavy (non-hydrogen) atoms. The van der Waals surface area contributed by atoms with Gasteiger partial charge in [-0.2, -0.15) is 0 Å². The summed E-state index contributed by atoms with van der Waals surface area (Å²) in [5, 5.41) is 3.86. The van der Waals surface area contributed by atoms with Gasteiger partial charge in [-0.15, -0.1) is 0 Å². The highest BCUT2D eigenvalue weighted by Gasteiger charge is 2.17. The van der Waals surface area contributed by atoms with Crippen LogP contribution in [0.1, 0.15) is 17.5 Å². The van der Waals surface area contributed by atoms with Crippen molar-refractivity contribution in [1.82, 2.24) is 9.80 Å². The summed E-state index contributed by atoms with van der Waals surface area (Å²) < 4.78 is 11.3. The van der Waals surface area contributed by atoms with E-state index >= 15 is 0 Å². The Balaban J connectivity index is 1.37. The molecular formula is C28H31Cl2N3O3. The second-order valence-corrected chi connectivity index (χ2v) is 9.55. The highest BCUT2D eigenvalue weighted by molar-refractivity contribution is 6.36. The molecular weight excluding hydrogens is 497 g/mol. The molecule has 1 aliphatic heterocycles. The normalized spacial score (nSPS) is 13.8. The van der Waals surface area contributed by atoms with Crippen LogP contribution in [0.5, 0.6) is 5.75 Å². The summed E-state index contributed by atoms with van der Waals surface area (Å²) in [7, 11) is 0. The van der Waals surface area contributed by atoms with Crippen molar-refractivity contribution in [2.75, 3.05) is 44.7 Å². The molecule has 1 N–H and O–H groups in total. The molecule has 190 valence electrons. The van der Waals surface area contributed by atoms with E-state index in [0.717, 1.165) is 56.1 Å². The SMILES string of the molecule is O=C(Nc1ccc(Cl)cc1Cl)N(CCCN1CCOCC1)Cc1ccc(OCc2ccccc2)cc1. The van der Waals surface area contributed by atoms with Crippen LogP contribution in [0.15, 0.2) is 72.8 Å². The third-order valence-corrected chi connectivity index (χ3v) is 6.56. The number of anilines is 1. The van der Waals surface area contributed by atoms with Gasteiger partial charge in [-0.1, -0.05) is 65.7 Å². The molecule has 0 radical (unpaired) electrons. The summed E-state index contributed by atoms with van der Waals surface area (Å²) in [4.78, 5) is 17.4. The van der Waals surface area contributed by atoms with Crippen molar-refractivity contribution in [2.45, 2.75) is 19.6 Å². The van der Waals surface area contributed by atoms with Crippen LogP contribution in [-0.4, -0.2) is 55.2 Å². The third-order valence-electron chi connectivity index (χ3n) is 6.01. The minimum absolute atomic E-state index is 0.203. The van der Waals surface area contributed by atoms with Crippen molar-refractivity contribution in [1.29, 1.82) is 0 Å². The molecule has 0 aliphatic carbocycles. The highest BCUT2D eigenvalue weighted by atomic mass is 35.5. The van der Waals surface area contributed by atoms with Crippen LogP contribution in [-0.2, 0) is 17.9 Å². The van der Waals surface area contributed by atoms with Gasteiger partial charge in [-0.05, 0) is 47.9 Å². The molecule has 0 aromatic heterocycles. The van der Waals surface area contributed by atoms with Gasteiger partial charge < -0.3 is 19.7 Å². The zero-order valence-corrected chi connectivity index (χ0v) is 21.7. The van der Waals surface area contributed by atoms with Crippen LogP contribution in [0.25, 0.3) is 0 Å². The fraction of sp³-hybridized carbons (Fsp3) is 0.321. The van der Waals surface area contributed by atoms with E-state index in [4.69, 9.17) is 32.7 Å². The number of urea groups is 1. The number of nitrogens with one attached hydrogen (secondary N) is 1. The van der Waals surface area contributed by atoms with Crippen LogP contribution in [0.4, 0.5) is 10.5 Å². The topological polar surface area (TPSA) is 54.0 Å². The van der Waals surface area contributed by atoms with E-state index in [-0.39, 0.29) is 6.03 Å². The number of rotatable bonds is 10. The highest BCUT2D eigenvalue weighted by Crippen LogP contribution is 2.26. The zero-order valence-electron chi connectivity index (χ0n) is 20.2. The van der Waals surface area contributed by atoms with Crippen molar-refractivity contribution >= 4 is 34.9 Å². The number of nitrogens with zero attached hydrogens (tertiary/aromatic N) is 2. The van der Waals surface area contributed by atoms with Gasteiger partial charge >= 0.3 is 6.03 Å². The standard InChI is InChI=1S/C28H31Cl2N3O3/c29-24-9-12-27(26(30)19-24)31-28(34)33(14-4-13-32-15-17-35-18-16-32)20-22-7-10-25(11-8-22)36-21-23-5-2-1-3-6-23/h1-3,5-12,19H,4,13-18,20-21H2,(H,31,34). The first kappa shape index (κ1) is 26.3. The Morgan fingerprint density at radius 2 is 1.72 bits per heavy atom. The van der Waals surface area contributed by atoms with Crippen LogP contribution in [0.3, 0.4) is 0 Å². The zero-order chi connectivity index (χ0) is 25.2. The van der Waals surface area contributed by atoms with Crippen molar-refractivity contribution < 1.29 is 14.3 Å². The molecule has 0 atom stereocenters. The summed E-state index contributed by atoms with van der Waals surface area (Å²) in [6.45, 7) is 5.89. The molecule has 1 aliphatic rings. The number of carbonyl (C=O) groups is 1. The molecule has 0 saturated carbocycles. The summed E-state index contributed by atoms with van der Waals surface area (Å²) >= 11 is 12.3. The lowest BCUT2D eigenvalue weighted by Crippen LogP contribution is -2.40. The van der Waals surface area contributed by atoms with E-state index in [2.05, 4.69) is 10.2 Å². The maximum atomic E-state index is 13.2. The third kappa shape index (κ3) is 8.14. The van der Waals surface area contributed by atoms with Crippen LogP contribution < -0.4 is 10.1 Å². The van der Waals surface area contributed by atoms with Crippen molar-refractivity contribution in [3.8, 4) is 5.75 Å². The van der Waals surface area contributed by atoms with E-state index in [0.29, 0.717) is 35.4 Å². The van der Waals surface area contributed by atoms with E-state index in [1.165, 1.54) is 0 Å². The number of amides is 2. The molecule has 4 rings (SSSR count). The maximum absolute atomic E-state index is 13.2. The molecule has 0 unspecified atom stereocenters. The smallest absolute Gasteiger partial charge is 0.322 e. The van der Waals surface area contributed by atoms with Gasteiger partial charge in [0, 0.05) is 37.7 Å². The number of hydrogen-bond acceptors (Lipinski definition) is 4. The van der Waals surface area contributed by atoms with E-state index in [9.17, 15) is 4.79 Å². The lowest BCUT2D eigenvalue weighted by atomic mass is 10.2. The second-order valence-electron chi connectivity index (χ2n) is 8.70. The second kappa shape index (κ2) is 13.5. The monoisotopic (exact) mass is 527 g/mol. The summed E-state index contributed by atoms with van der Waals surface area (Å²) in [6.07, 6.45) is 0.861. The molecule has 0 bridgehead atoms. The molecule has 3 aromatic rings. The summed E-state index contributed by atoms with van der Waals surface area (Å²) in [6, 6.07) is 22.8. The predicted octanol–water partition coefficient (Wildman–Crippen LogP) is 6.33. The molecule has 1 heterocycles. The quantitative estimate of drug-likeness (QED) is 0.334. The largest absolute Gasteiger partial charge is 0.489 e. The minimum Gasteiger partial charge on any atom is -0.489 e. The number of benzene rings is 3. The first-order valence-electron chi connectivity index (χ1n) is 12.1. The fourth-order valence-corrected chi connectivity index (χ4v) is 4.46. The van der Waals surface area contributed by atoms with Gasteiger partial charge in [0.15, 0.2) is 0 Å². The van der Waals surface area contributed by atoms with Gasteiger partial charge in [0.25, 0.3) is 0 Å². The number of ether oxygens (including phenoxy) is 2.